The summed E-state index contributed by atoms with van der Waals surface area (Å²) in [6, 6.07) is 9.74. The maximum absolute atomic E-state index is 13.7. The largest absolute Gasteiger partial charge is 0.478 e. The first-order valence-electron chi connectivity index (χ1n) is 7.99. The van der Waals surface area contributed by atoms with E-state index in [-0.39, 0.29) is 29.9 Å². The van der Waals surface area contributed by atoms with Crippen LogP contribution in [-0.2, 0) is 11.2 Å². The number of aromatic carboxylic acids is 1. The molecular weight excluding hydrogens is 328 g/mol. The normalized spacial score (nSPS) is 19.1. The minimum absolute atomic E-state index is 0.0266. The zero-order valence-corrected chi connectivity index (χ0v) is 13.3. The fraction of sp³-hybridized carbons (Fsp3) is 0.263. The Hall–Kier alpha value is -2.76. The summed E-state index contributed by atoms with van der Waals surface area (Å²) in [7, 11) is 0. The predicted molar refractivity (Wildman–Crippen MR) is 87.4 cm³/mol. The summed E-state index contributed by atoms with van der Waals surface area (Å²) in [6.45, 7) is 0. The molecule has 6 heteroatoms. The number of hydrogen-bond acceptors (Lipinski definition) is 2. The molecule has 25 heavy (non-hydrogen) atoms. The molecule has 2 N–H and O–H groups in total. The van der Waals surface area contributed by atoms with Crippen LogP contribution in [0.3, 0.4) is 0 Å². The van der Waals surface area contributed by atoms with Crippen molar-refractivity contribution in [3.63, 3.8) is 0 Å². The molecule has 1 aliphatic rings. The fourth-order valence-corrected chi connectivity index (χ4v) is 3.10. The average Bonchev–Trinajstić information content (AvgIpc) is 2.51. The molecule has 0 saturated heterocycles. The Balaban J connectivity index is 1.52. The second-order valence-electron chi connectivity index (χ2n) is 6.28. The van der Waals surface area contributed by atoms with Crippen molar-refractivity contribution in [3.05, 3.63) is 70.8 Å². The Morgan fingerprint density at radius 2 is 1.88 bits per heavy atom. The van der Waals surface area contributed by atoms with E-state index in [2.05, 4.69) is 5.32 Å². The molecule has 0 aliphatic heterocycles. The molecule has 130 valence electrons. The second kappa shape index (κ2) is 7.01. The van der Waals surface area contributed by atoms with Gasteiger partial charge in [0.2, 0.25) is 5.91 Å². The van der Waals surface area contributed by atoms with Gasteiger partial charge in [-0.25, -0.2) is 13.6 Å². The van der Waals surface area contributed by atoms with Crippen molar-refractivity contribution >= 4 is 11.9 Å². The molecule has 0 atom stereocenters. The maximum atomic E-state index is 13.7. The molecule has 1 saturated carbocycles. The van der Waals surface area contributed by atoms with Gasteiger partial charge in [-0.3, -0.25) is 4.79 Å². The first-order valence-corrected chi connectivity index (χ1v) is 7.99. The van der Waals surface area contributed by atoms with Crippen LogP contribution in [0.15, 0.2) is 42.5 Å². The number of carboxylic acid groups (broad SMARTS) is 1. The number of amides is 1. The minimum atomic E-state index is -1.04. The van der Waals surface area contributed by atoms with E-state index in [0.29, 0.717) is 24.0 Å². The highest BCUT2D eigenvalue weighted by Crippen LogP contribution is 2.38. The van der Waals surface area contributed by atoms with Crippen molar-refractivity contribution in [1.82, 2.24) is 5.32 Å². The average molecular weight is 345 g/mol. The van der Waals surface area contributed by atoms with Gasteiger partial charge in [0.05, 0.1) is 12.0 Å². The Morgan fingerprint density at radius 3 is 2.56 bits per heavy atom. The number of halogens is 2. The van der Waals surface area contributed by atoms with E-state index in [0.717, 1.165) is 6.07 Å². The van der Waals surface area contributed by atoms with Gasteiger partial charge in [0, 0.05) is 12.1 Å². The van der Waals surface area contributed by atoms with Gasteiger partial charge in [0.1, 0.15) is 11.6 Å². The number of nitrogens with one attached hydrogen (secondary N) is 1. The molecule has 0 unspecified atom stereocenters. The van der Waals surface area contributed by atoms with Gasteiger partial charge in [0.25, 0.3) is 0 Å². The summed E-state index contributed by atoms with van der Waals surface area (Å²) < 4.78 is 26.7. The number of carbonyl (C=O) groups is 2. The molecule has 1 aliphatic carbocycles. The van der Waals surface area contributed by atoms with E-state index in [9.17, 15) is 18.4 Å². The highest BCUT2D eigenvalue weighted by molar-refractivity contribution is 5.88. The molecule has 1 fully saturated rings. The number of hydrogen-bond donors (Lipinski definition) is 2. The second-order valence-corrected chi connectivity index (χ2v) is 6.28. The Bertz CT molecular complexity index is 816. The molecule has 2 aromatic carbocycles. The van der Waals surface area contributed by atoms with Crippen LogP contribution in [0, 0.1) is 11.6 Å². The van der Waals surface area contributed by atoms with Gasteiger partial charge in [-0.15, -0.1) is 0 Å². The molecule has 0 heterocycles. The minimum Gasteiger partial charge on any atom is -0.478 e. The monoisotopic (exact) mass is 345 g/mol. The van der Waals surface area contributed by atoms with Crippen molar-refractivity contribution in [3.8, 4) is 0 Å². The summed E-state index contributed by atoms with van der Waals surface area (Å²) in [5, 5.41) is 11.8. The molecule has 1 amide bonds. The number of rotatable bonds is 5. The lowest BCUT2D eigenvalue weighted by Crippen LogP contribution is -2.44. The molecule has 4 nitrogen and oxygen atoms in total. The lowest BCUT2D eigenvalue weighted by molar-refractivity contribution is -0.121. The van der Waals surface area contributed by atoms with Gasteiger partial charge in [-0.1, -0.05) is 18.2 Å². The maximum Gasteiger partial charge on any atom is 0.335 e. The number of carbonyl (C=O) groups excluding carboxylic acids is 1. The summed E-state index contributed by atoms with van der Waals surface area (Å²) in [4.78, 5) is 23.0. The van der Waals surface area contributed by atoms with Crippen LogP contribution >= 0.6 is 0 Å². The standard InChI is InChI=1S/C19H17F2NO3/c20-14-4-5-16(17(21)10-14)13-8-15(9-13)22-18(23)7-11-2-1-3-12(6-11)19(24)25/h1-6,10,13,15H,7-9H2,(H,22,23)(H,24,25). The van der Waals surface area contributed by atoms with Gasteiger partial charge in [0.15, 0.2) is 0 Å². The van der Waals surface area contributed by atoms with Crippen LogP contribution < -0.4 is 5.32 Å². The van der Waals surface area contributed by atoms with Crippen molar-refractivity contribution < 1.29 is 23.5 Å². The number of carboxylic acids is 1. The van der Waals surface area contributed by atoms with E-state index in [1.54, 1.807) is 12.1 Å². The Labute approximate surface area is 143 Å². The molecule has 0 spiro atoms. The topological polar surface area (TPSA) is 66.4 Å². The molecule has 0 bridgehead atoms. The van der Waals surface area contributed by atoms with Crippen molar-refractivity contribution in [1.29, 1.82) is 0 Å². The lowest BCUT2D eigenvalue weighted by atomic mass is 9.75. The van der Waals surface area contributed by atoms with E-state index in [4.69, 9.17) is 5.11 Å². The summed E-state index contributed by atoms with van der Waals surface area (Å²) in [5.41, 5.74) is 1.24. The zero-order chi connectivity index (χ0) is 18.0. The molecule has 0 radical (unpaired) electrons. The molecule has 3 rings (SSSR count). The van der Waals surface area contributed by atoms with Gasteiger partial charge >= 0.3 is 5.97 Å². The smallest absolute Gasteiger partial charge is 0.335 e. The third-order valence-electron chi connectivity index (χ3n) is 4.44. The Morgan fingerprint density at radius 1 is 1.12 bits per heavy atom. The quantitative estimate of drug-likeness (QED) is 0.874. The van der Waals surface area contributed by atoms with E-state index in [1.807, 2.05) is 0 Å². The first-order chi connectivity index (χ1) is 11.9. The van der Waals surface area contributed by atoms with Crippen molar-refractivity contribution in [2.45, 2.75) is 31.2 Å². The highest BCUT2D eigenvalue weighted by atomic mass is 19.1. The van der Waals surface area contributed by atoms with Gasteiger partial charge in [-0.2, -0.15) is 0 Å². The lowest BCUT2D eigenvalue weighted by Gasteiger charge is -2.36. The van der Waals surface area contributed by atoms with Gasteiger partial charge < -0.3 is 10.4 Å². The third-order valence-corrected chi connectivity index (χ3v) is 4.44. The summed E-state index contributed by atoms with van der Waals surface area (Å²) in [5.74, 6) is -2.42. The zero-order valence-electron chi connectivity index (χ0n) is 13.3. The SMILES string of the molecule is O=C(Cc1cccc(C(=O)O)c1)NC1CC(c2ccc(F)cc2F)C1. The van der Waals surface area contributed by atoms with E-state index >= 15 is 0 Å². The van der Waals surface area contributed by atoms with Crippen LogP contribution in [-0.4, -0.2) is 23.0 Å². The molecular formula is C19H17F2NO3. The predicted octanol–water partition coefficient (Wildman–Crippen LogP) is 3.27. The van der Waals surface area contributed by atoms with Crippen LogP contribution in [0.1, 0.15) is 40.2 Å². The van der Waals surface area contributed by atoms with Crippen LogP contribution in [0.4, 0.5) is 8.78 Å². The van der Waals surface area contributed by atoms with Crippen molar-refractivity contribution in [2.24, 2.45) is 0 Å². The highest BCUT2D eigenvalue weighted by Gasteiger charge is 2.33. The van der Waals surface area contributed by atoms with Gasteiger partial charge in [-0.05, 0) is 48.1 Å². The summed E-state index contributed by atoms with van der Waals surface area (Å²) >= 11 is 0. The fourth-order valence-electron chi connectivity index (χ4n) is 3.10. The molecule has 0 aromatic heterocycles. The van der Waals surface area contributed by atoms with Crippen LogP contribution in [0.25, 0.3) is 0 Å². The molecule has 2 aromatic rings. The Kier molecular flexibility index (Phi) is 4.79. The van der Waals surface area contributed by atoms with Crippen LogP contribution in [0.5, 0.6) is 0 Å². The summed E-state index contributed by atoms with van der Waals surface area (Å²) in [6.07, 6.45) is 1.29. The third kappa shape index (κ3) is 4.02. The number of benzene rings is 2. The van der Waals surface area contributed by atoms with Crippen molar-refractivity contribution in [2.75, 3.05) is 0 Å². The van der Waals surface area contributed by atoms with Crippen LogP contribution in [0.2, 0.25) is 0 Å². The van der Waals surface area contributed by atoms with E-state index < -0.39 is 17.6 Å². The van der Waals surface area contributed by atoms with E-state index in [1.165, 1.54) is 24.3 Å². The first kappa shape index (κ1) is 17.1.